The Morgan fingerprint density at radius 2 is 1.52 bits per heavy atom. The molecule has 1 amide bonds. The van der Waals surface area contributed by atoms with E-state index in [9.17, 15) is 9.59 Å². The molecule has 1 N–H and O–H groups in total. The van der Waals surface area contributed by atoms with Gasteiger partial charge in [-0.2, -0.15) is 5.10 Å². The minimum atomic E-state index is -0.568. The molecule has 33 heavy (non-hydrogen) atoms. The Kier molecular flexibility index (Phi) is 10.7. The summed E-state index contributed by atoms with van der Waals surface area (Å²) in [5.74, 6) is 0.866. The molecule has 0 radical (unpaired) electrons. The van der Waals surface area contributed by atoms with E-state index in [1.807, 2.05) is 0 Å². The van der Waals surface area contributed by atoms with Crippen molar-refractivity contribution in [3.63, 3.8) is 0 Å². The lowest BCUT2D eigenvalue weighted by atomic mass is 10.1. The Labute approximate surface area is 194 Å². The van der Waals surface area contributed by atoms with Crippen LogP contribution in [-0.4, -0.2) is 39.4 Å². The van der Waals surface area contributed by atoms with Crippen LogP contribution in [-0.2, 0) is 4.79 Å². The number of esters is 1. The molecule has 0 aliphatic rings. The first-order chi connectivity index (χ1) is 16.0. The Morgan fingerprint density at radius 3 is 2.21 bits per heavy atom. The molecule has 8 heteroatoms. The summed E-state index contributed by atoms with van der Waals surface area (Å²) in [6.45, 7) is 2.16. The quantitative estimate of drug-likeness (QED) is 0.154. The number of nitrogens with zero attached hydrogens (tertiary/aromatic N) is 1. The van der Waals surface area contributed by atoms with Crippen molar-refractivity contribution in [2.45, 2.75) is 45.4 Å². The summed E-state index contributed by atoms with van der Waals surface area (Å²) in [5, 5.41) is 3.99. The molecule has 0 saturated heterocycles. The summed E-state index contributed by atoms with van der Waals surface area (Å²) in [4.78, 5) is 24.4. The van der Waals surface area contributed by atoms with Gasteiger partial charge in [-0.1, -0.05) is 32.6 Å². The second kappa shape index (κ2) is 13.8. The van der Waals surface area contributed by atoms with Gasteiger partial charge in [0.1, 0.15) is 0 Å². The first-order valence-corrected chi connectivity index (χ1v) is 11.0. The Bertz CT molecular complexity index is 958. The maximum Gasteiger partial charge on any atom is 0.343 e. The second-order valence-electron chi connectivity index (χ2n) is 7.33. The fourth-order valence-corrected chi connectivity index (χ4v) is 3.09. The molecule has 0 aliphatic carbocycles. The predicted octanol–water partition coefficient (Wildman–Crippen LogP) is 4.74. The normalized spacial score (nSPS) is 10.7. The zero-order chi connectivity index (χ0) is 24.1. The van der Waals surface area contributed by atoms with Crippen LogP contribution in [0.25, 0.3) is 0 Å². The third kappa shape index (κ3) is 8.14. The largest absolute Gasteiger partial charge is 0.493 e. The van der Waals surface area contributed by atoms with Crippen molar-refractivity contribution in [1.82, 2.24) is 5.43 Å². The smallest absolute Gasteiger partial charge is 0.343 e. The molecule has 8 nitrogen and oxygen atoms in total. The van der Waals surface area contributed by atoms with Gasteiger partial charge in [-0.15, -0.1) is 0 Å². The molecule has 0 heterocycles. The number of amides is 1. The van der Waals surface area contributed by atoms with Crippen LogP contribution in [0.2, 0.25) is 0 Å². The van der Waals surface area contributed by atoms with E-state index in [-0.39, 0.29) is 11.7 Å². The third-order valence-electron chi connectivity index (χ3n) is 4.92. The minimum Gasteiger partial charge on any atom is -0.493 e. The van der Waals surface area contributed by atoms with E-state index in [4.69, 9.17) is 18.9 Å². The SMILES string of the molecule is CCCCCCCC(=O)NN=Cc1ccc(OC(=O)c2ccc(OC)c(OC)c2)c(OC)c1. The molecule has 0 saturated carbocycles. The molecule has 0 atom stereocenters. The van der Waals surface area contributed by atoms with Gasteiger partial charge in [0.25, 0.3) is 0 Å². The van der Waals surface area contributed by atoms with Crippen LogP contribution in [0, 0.1) is 0 Å². The van der Waals surface area contributed by atoms with Gasteiger partial charge in [0, 0.05) is 6.42 Å². The summed E-state index contributed by atoms with van der Waals surface area (Å²) in [5.41, 5.74) is 3.52. The zero-order valence-electron chi connectivity index (χ0n) is 19.7. The van der Waals surface area contributed by atoms with Gasteiger partial charge in [0.15, 0.2) is 23.0 Å². The number of carbonyl (C=O) groups is 2. The Balaban J connectivity index is 1.97. The monoisotopic (exact) mass is 456 g/mol. The molecular formula is C25H32N2O6. The lowest BCUT2D eigenvalue weighted by Crippen LogP contribution is -2.16. The number of hydrazone groups is 1. The van der Waals surface area contributed by atoms with Gasteiger partial charge in [0.2, 0.25) is 5.91 Å². The van der Waals surface area contributed by atoms with Gasteiger partial charge >= 0.3 is 5.97 Å². The van der Waals surface area contributed by atoms with Crippen LogP contribution in [0.5, 0.6) is 23.0 Å². The number of unbranched alkanes of at least 4 members (excludes halogenated alkanes) is 4. The predicted molar refractivity (Wildman–Crippen MR) is 127 cm³/mol. The molecule has 0 fully saturated rings. The molecule has 0 bridgehead atoms. The van der Waals surface area contributed by atoms with Crippen molar-refractivity contribution in [1.29, 1.82) is 0 Å². The van der Waals surface area contributed by atoms with Crippen LogP contribution in [0.3, 0.4) is 0 Å². The highest BCUT2D eigenvalue weighted by Gasteiger charge is 2.15. The summed E-state index contributed by atoms with van der Waals surface area (Å²) < 4.78 is 21.2. The van der Waals surface area contributed by atoms with E-state index in [2.05, 4.69) is 17.5 Å². The van der Waals surface area contributed by atoms with Crippen LogP contribution < -0.4 is 24.4 Å². The number of benzene rings is 2. The average Bonchev–Trinajstić information content (AvgIpc) is 2.84. The molecule has 2 aromatic carbocycles. The number of ether oxygens (including phenoxy) is 4. The third-order valence-corrected chi connectivity index (χ3v) is 4.92. The lowest BCUT2D eigenvalue weighted by molar-refractivity contribution is -0.121. The summed E-state index contributed by atoms with van der Waals surface area (Å²) in [7, 11) is 4.49. The molecule has 0 aromatic heterocycles. The van der Waals surface area contributed by atoms with Crippen LogP contribution >= 0.6 is 0 Å². The van der Waals surface area contributed by atoms with Crippen LogP contribution in [0.4, 0.5) is 0 Å². The average molecular weight is 457 g/mol. The van der Waals surface area contributed by atoms with Crippen LogP contribution in [0.15, 0.2) is 41.5 Å². The van der Waals surface area contributed by atoms with E-state index in [1.54, 1.807) is 36.4 Å². The van der Waals surface area contributed by atoms with Gasteiger partial charge in [-0.05, 0) is 48.4 Å². The minimum absolute atomic E-state index is 0.116. The number of hydrogen-bond donors (Lipinski definition) is 1. The number of rotatable bonds is 13. The van der Waals surface area contributed by atoms with Crippen molar-refractivity contribution in [2.75, 3.05) is 21.3 Å². The van der Waals surface area contributed by atoms with Crippen molar-refractivity contribution in [3.8, 4) is 23.0 Å². The van der Waals surface area contributed by atoms with E-state index in [0.29, 0.717) is 34.8 Å². The highest BCUT2D eigenvalue weighted by molar-refractivity contribution is 5.92. The standard InChI is InChI=1S/C25H32N2O6/c1-5-6-7-8-9-10-24(28)27-26-17-18-11-13-21(22(15-18)31-3)33-25(29)19-12-14-20(30-2)23(16-19)32-4/h11-17H,5-10H2,1-4H3,(H,27,28). The van der Waals surface area contributed by atoms with Crippen molar-refractivity contribution in [2.24, 2.45) is 5.10 Å². The molecule has 178 valence electrons. The maximum atomic E-state index is 12.6. The van der Waals surface area contributed by atoms with Crippen molar-refractivity contribution >= 4 is 18.1 Å². The molecular weight excluding hydrogens is 424 g/mol. The zero-order valence-corrected chi connectivity index (χ0v) is 19.7. The van der Waals surface area contributed by atoms with Gasteiger partial charge < -0.3 is 18.9 Å². The molecule has 2 rings (SSSR count). The van der Waals surface area contributed by atoms with Crippen LogP contribution in [0.1, 0.15) is 61.4 Å². The first kappa shape index (κ1) is 25.7. The number of nitrogens with one attached hydrogen (secondary N) is 1. The molecule has 0 spiro atoms. The lowest BCUT2D eigenvalue weighted by Gasteiger charge is -2.11. The van der Waals surface area contributed by atoms with E-state index in [0.717, 1.165) is 19.3 Å². The number of methoxy groups -OCH3 is 3. The Hall–Kier alpha value is -3.55. The van der Waals surface area contributed by atoms with Gasteiger partial charge in [-0.3, -0.25) is 4.79 Å². The molecule has 0 unspecified atom stereocenters. The fraction of sp³-hybridized carbons (Fsp3) is 0.400. The Morgan fingerprint density at radius 1 is 0.848 bits per heavy atom. The highest BCUT2D eigenvalue weighted by atomic mass is 16.6. The van der Waals surface area contributed by atoms with Crippen molar-refractivity contribution in [3.05, 3.63) is 47.5 Å². The van der Waals surface area contributed by atoms with E-state index >= 15 is 0 Å². The van der Waals surface area contributed by atoms with Gasteiger partial charge in [0.05, 0.1) is 33.1 Å². The summed E-state index contributed by atoms with van der Waals surface area (Å²) in [6, 6.07) is 9.74. The first-order valence-electron chi connectivity index (χ1n) is 11.0. The second-order valence-corrected chi connectivity index (χ2v) is 7.33. The highest BCUT2D eigenvalue weighted by Crippen LogP contribution is 2.31. The topological polar surface area (TPSA) is 95.5 Å². The molecule has 0 aliphatic heterocycles. The molecule has 2 aromatic rings. The van der Waals surface area contributed by atoms with E-state index < -0.39 is 5.97 Å². The maximum absolute atomic E-state index is 12.6. The summed E-state index contributed by atoms with van der Waals surface area (Å²) >= 11 is 0. The number of hydrogen-bond acceptors (Lipinski definition) is 7. The van der Waals surface area contributed by atoms with Gasteiger partial charge in [-0.25, -0.2) is 10.2 Å². The summed E-state index contributed by atoms with van der Waals surface area (Å²) in [6.07, 6.45) is 7.39. The van der Waals surface area contributed by atoms with Crippen molar-refractivity contribution < 1.29 is 28.5 Å². The number of carbonyl (C=O) groups excluding carboxylic acids is 2. The van der Waals surface area contributed by atoms with E-state index in [1.165, 1.54) is 40.4 Å². The fourth-order valence-electron chi connectivity index (χ4n) is 3.09.